The Balaban J connectivity index is 2.02. The fourth-order valence-electron chi connectivity index (χ4n) is 3.43. The van der Waals surface area contributed by atoms with Gasteiger partial charge in [-0.3, -0.25) is 9.59 Å². The standard InChI is InChI=1S/C28H36O6/c1-9-28(8,25(30)33-22-15-17-23(18-16-22)34-26(3,4)5)19-27(6,7)24(29)32-20(2)31-21-13-11-10-12-14-21/h10-18H,2,9,19H2,1,3-8H3. The van der Waals surface area contributed by atoms with E-state index < -0.39 is 22.8 Å². The van der Waals surface area contributed by atoms with E-state index in [1.54, 1.807) is 69.3 Å². The highest BCUT2D eigenvalue weighted by atomic mass is 16.7. The van der Waals surface area contributed by atoms with Gasteiger partial charge < -0.3 is 18.9 Å². The first-order valence-corrected chi connectivity index (χ1v) is 11.4. The lowest BCUT2D eigenvalue weighted by atomic mass is 9.72. The fraction of sp³-hybridized carbons (Fsp3) is 0.429. The average Bonchev–Trinajstić information content (AvgIpc) is 2.74. The van der Waals surface area contributed by atoms with E-state index in [-0.39, 0.29) is 18.0 Å². The van der Waals surface area contributed by atoms with Crippen molar-refractivity contribution in [1.82, 2.24) is 0 Å². The molecular formula is C28H36O6. The molecule has 0 radical (unpaired) electrons. The molecule has 0 aliphatic heterocycles. The Hall–Kier alpha value is -3.28. The topological polar surface area (TPSA) is 71.1 Å². The van der Waals surface area contributed by atoms with Crippen molar-refractivity contribution in [1.29, 1.82) is 0 Å². The molecule has 0 saturated carbocycles. The van der Waals surface area contributed by atoms with Crippen molar-refractivity contribution in [2.45, 2.75) is 66.9 Å². The van der Waals surface area contributed by atoms with E-state index >= 15 is 0 Å². The van der Waals surface area contributed by atoms with Crippen LogP contribution >= 0.6 is 0 Å². The van der Waals surface area contributed by atoms with Gasteiger partial charge in [0.1, 0.15) is 22.8 Å². The molecule has 0 amide bonds. The molecule has 1 atom stereocenters. The summed E-state index contributed by atoms with van der Waals surface area (Å²) in [6.07, 6.45) is 0.702. The fourth-order valence-corrected chi connectivity index (χ4v) is 3.43. The van der Waals surface area contributed by atoms with Crippen molar-refractivity contribution < 1.29 is 28.5 Å². The summed E-state index contributed by atoms with van der Waals surface area (Å²) in [5.74, 6) is 0.536. The van der Waals surface area contributed by atoms with Gasteiger partial charge in [-0.15, -0.1) is 0 Å². The third-order valence-electron chi connectivity index (χ3n) is 5.30. The third-order valence-corrected chi connectivity index (χ3v) is 5.30. The number of para-hydroxylation sites is 1. The average molecular weight is 469 g/mol. The molecule has 0 bridgehead atoms. The zero-order chi connectivity index (χ0) is 25.6. The minimum absolute atomic E-state index is 0.123. The second-order valence-corrected chi connectivity index (χ2v) is 10.2. The van der Waals surface area contributed by atoms with E-state index in [0.29, 0.717) is 23.7 Å². The molecule has 2 aromatic rings. The Labute approximate surface area is 202 Å². The van der Waals surface area contributed by atoms with Gasteiger partial charge in [-0.2, -0.15) is 0 Å². The molecule has 184 valence electrons. The summed E-state index contributed by atoms with van der Waals surface area (Å²) in [7, 11) is 0. The SMILES string of the molecule is C=C(OC(=O)C(C)(C)CC(C)(CC)C(=O)Oc1ccc(OC(C)(C)C)cc1)Oc1ccccc1. The first-order valence-electron chi connectivity index (χ1n) is 11.4. The summed E-state index contributed by atoms with van der Waals surface area (Å²) in [6.45, 7) is 16.7. The van der Waals surface area contributed by atoms with Crippen LogP contribution in [0.5, 0.6) is 17.2 Å². The molecule has 34 heavy (non-hydrogen) atoms. The second kappa shape index (κ2) is 10.8. The zero-order valence-electron chi connectivity index (χ0n) is 21.3. The molecule has 0 spiro atoms. The predicted octanol–water partition coefficient (Wildman–Crippen LogP) is 6.70. The second-order valence-electron chi connectivity index (χ2n) is 10.2. The minimum Gasteiger partial charge on any atom is -0.488 e. The van der Waals surface area contributed by atoms with Crippen molar-refractivity contribution in [2.75, 3.05) is 0 Å². The molecule has 6 nitrogen and oxygen atoms in total. The highest BCUT2D eigenvalue weighted by Gasteiger charge is 2.43. The van der Waals surface area contributed by atoms with Gasteiger partial charge in [0.15, 0.2) is 0 Å². The van der Waals surface area contributed by atoms with E-state index in [1.807, 2.05) is 33.8 Å². The summed E-state index contributed by atoms with van der Waals surface area (Å²) in [4.78, 5) is 26.0. The van der Waals surface area contributed by atoms with Crippen LogP contribution in [-0.4, -0.2) is 17.5 Å². The lowest BCUT2D eigenvalue weighted by Crippen LogP contribution is -2.39. The van der Waals surface area contributed by atoms with Gasteiger partial charge in [-0.05, 0) is 97.4 Å². The maximum absolute atomic E-state index is 13.1. The van der Waals surface area contributed by atoms with Gasteiger partial charge in [-0.25, -0.2) is 0 Å². The molecule has 0 N–H and O–H groups in total. The summed E-state index contributed by atoms with van der Waals surface area (Å²) in [5.41, 5.74) is -2.22. The van der Waals surface area contributed by atoms with E-state index in [2.05, 4.69) is 6.58 Å². The van der Waals surface area contributed by atoms with Crippen LogP contribution in [0, 0.1) is 10.8 Å². The Morgan fingerprint density at radius 3 is 1.82 bits per heavy atom. The monoisotopic (exact) mass is 468 g/mol. The van der Waals surface area contributed by atoms with Gasteiger partial charge in [0, 0.05) is 0 Å². The van der Waals surface area contributed by atoms with Crippen LogP contribution in [-0.2, 0) is 14.3 Å². The molecule has 0 aliphatic rings. The largest absolute Gasteiger partial charge is 0.488 e. The van der Waals surface area contributed by atoms with Gasteiger partial charge in [0.2, 0.25) is 0 Å². The summed E-state index contributed by atoms with van der Waals surface area (Å²) >= 11 is 0. The summed E-state index contributed by atoms with van der Waals surface area (Å²) in [6, 6.07) is 15.8. The normalized spacial score (nSPS) is 13.4. The van der Waals surface area contributed by atoms with E-state index in [0.717, 1.165) is 0 Å². The van der Waals surface area contributed by atoms with Gasteiger partial charge >= 0.3 is 11.9 Å². The van der Waals surface area contributed by atoms with Crippen molar-refractivity contribution >= 4 is 11.9 Å². The van der Waals surface area contributed by atoms with E-state index in [1.165, 1.54) is 0 Å². The number of ether oxygens (including phenoxy) is 4. The lowest BCUT2D eigenvalue weighted by Gasteiger charge is -2.33. The molecule has 6 heteroatoms. The Morgan fingerprint density at radius 2 is 1.29 bits per heavy atom. The number of carbonyl (C=O) groups is 2. The van der Waals surface area contributed by atoms with Crippen LogP contribution in [0.3, 0.4) is 0 Å². The van der Waals surface area contributed by atoms with Gasteiger partial charge in [0.05, 0.1) is 10.8 Å². The molecule has 0 fully saturated rings. The van der Waals surface area contributed by atoms with Crippen molar-refractivity contribution in [3.63, 3.8) is 0 Å². The number of hydrogen-bond donors (Lipinski definition) is 0. The molecule has 2 aromatic carbocycles. The number of carbonyl (C=O) groups excluding carboxylic acids is 2. The molecule has 0 saturated heterocycles. The van der Waals surface area contributed by atoms with Gasteiger partial charge in [0.25, 0.3) is 5.95 Å². The molecule has 2 rings (SSSR count). The first kappa shape index (κ1) is 27.0. The van der Waals surface area contributed by atoms with Crippen LogP contribution in [0.25, 0.3) is 0 Å². The number of hydrogen-bond acceptors (Lipinski definition) is 6. The van der Waals surface area contributed by atoms with Crippen molar-refractivity contribution in [3.8, 4) is 17.2 Å². The quantitative estimate of drug-likeness (QED) is 0.220. The van der Waals surface area contributed by atoms with Crippen LogP contribution < -0.4 is 14.2 Å². The number of benzene rings is 2. The maximum atomic E-state index is 13.1. The predicted molar refractivity (Wildman–Crippen MR) is 132 cm³/mol. The number of rotatable bonds is 10. The van der Waals surface area contributed by atoms with Crippen LogP contribution in [0.15, 0.2) is 67.1 Å². The smallest absolute Gasteiger partial charge is 0.319 e. The molecule has 0 aliphatic carbocycles. The first-order chi connectivity index (χ1) is 15.7. The van der Waals surface area contributed by atoms with Crippen molar-refractivity contribution in [3.05, 3.63) is 67.1 Å². The number of esters is 2. The van der Waals surface area contributed by atoms with E-state index in [9.17, 15) is 9.59 Å². The molecule has 0 aromatic heterocycles. The summed E-state index contributed by atoms with van der Waals surface area (Å²) < 4.78 is 22.3. The highest BCUT2D eigenvalue weighted by molar-refractivity contribution is 5.82. The minimum atomic E-state index is -0.989. The van der Waals surface area contributed by atoms with Crippen LogP contribution in [0.2, 0.25) is 0 Å². The zero-order valence-corrected chi connectivity index (χ0v) is 21.3. The van der Waals surface area contributed by atoms with Crippen LogP contribution in [0.4, 0.5) is 0 Å². The van der Waals surface area contributed by atoms with Gasteiger partial charge in [-0.1, -0.05) is 25.1 Å². The van der Waals surface area contributed by atoms with Crippen molar-refractivity contribution in [2.24, 2.45) is 10.8 Å². The summed E-state index contributed by atoms with van der Waals surface area (Å²) in [5, 5.41) is 0. The van der Waals surface area contributed by atoms with E-state index in [4.69, 9.17) is 18.9 Å². The lowest BCUT2D eigenvalue weighted by molar-refractivity contribution is -0.158. The Bertz CT molecular complexity index is 986. The third kappa shape index (κ3) is 7.94. The molecule has 1 unspecified atom stereocenters. The highest BCUT2D eigenvalue weighted by Crippen LogP contribution is 2.39. The van der Waals surface area contributed by atoms with Crippen LogP contribution in [0.1, 0.15) is 61.3 Å². The maximum Gasteiger partial charge on any atom is 0.319 e. The Morgan fingerprint density at radius 1 is 0.765 bits per heavy atom. The molecule has 0 heterocycles. The molecular weight excluding hydrogens is 432 g/mol. The Kier molecular flexibility index (Phi) is 8.54.